The Morgan fingerprint density at radius 1 is 1.03 bits per heavy atom. The monoisotopic (exact) mass is 520 g/mol. The Morgan fingerprint density at radius 2 is 1.87 bits per heavy atom. The predicted octanol–water partition coefficient (Wildman–Crippen LogP) is 8.98. The van der Waals surface area contributed by atoms with Gasteiger partial charge in [-0.05, 0) is 91.6 Å². The summed E-state index contributed by atoms with van der Waals surface area (Å²) in [6.45, 7) is 4.23. The minimum absolute atomic E-state index is 0.00590. The number of hydrogen-bond acceptors (Lipinski definition) is 5. The Kier molecular flexibility index (Phi) is 6.86. The number of esters is 1. The van der Waals surface area contributed by atoms with E-state index in [1.807, 2.05) is 0 Å². The second kappa shape index (κ2) is 10.6. The van der Waals surface area contributed by atoms with Crippen molar-refractivity contribution in [2.24, 2.45) is 5.92 Å². The number of cyclic esters (lactones) is 1. The number of ether oxygens (including phenoxy) is 1. The molecule has 1 aliphatic heterocycles. The molecular formula is C33H32N2O2S. The maximum Gasteiger partial charge on any atom is 0.309 e. The minimum Gasteiger partial charge on any atom is -0.457 e. The molecule has 0 amide bonds. The van der Waals surface area contributed by atoms with Crippen LogP contribution in [0.25, 0.3) is 21.3 Å². The molecule has 4 aromatic rings. The third-order valence-corrected chi connectivity index (χ3v) is 8.57. The van der Waals surface area contributed by atoms with Crippen LogP contribution >= 0.6 is 11.3 Å². The van der Waals surface area contributed by atoms with E-state index >= 15 is 0 Å². The highest BCUT2D eigenvalue weighted by molar-refractivity contribution is 7.22. The van der Waals surface area contributed by atoms with Gasteiger partial charge in [-0.15, -0.1) is 0 Å². The quantitative estimate of drug-likeness (QED) is 0.247. The Morgan fingerprint density at radius 3 is 2.66 bits per heavy atom. The first kappa shape index (κ1) is 24.6. The lowest BCUT2D eigenvalue weighted by Crippen LogP contribution is -2.07. The molecule has 1 saturated heterocycles. The number of anilines is 2. The summed E-state index contributed by atoms with van der Waals surface area (Å²) < 4.78 is 6.97. The molecule has 2 heterocycles. The largest absolute Gasteiger partial charge is 0.457 e. The lowest BCUT2D eigenvalue weighted by Gasteiger charge is -2.12. The van der Waals surface area contributed by atoms with Crippen molar-refractivity contribution in [3.8, 4) is 11.1 Å². The van der Waals surface area contributed by atoms with Gasteiger partial charge >= 0.3 is 5.97 Å². The van der Waals surface area contributed by atoms with Gasteiger partial charge < -0.3 is 10.1 Å². The van der Waals surface area contributed by atoms with Crippen LogP contribution < -0.4 is 5.32 Å². The molecule has 4 nitrogen and oxygen atoms in total. The Balaban J connectivity index is 1.10. The van der Waals surface area contributed by atoms with Crippen LogP contribution in [-0.4, -0.2) is 11.0 Å². The standard InChI is InChI=1S/C33H32N2O2S/c1-21-8-16-29-31(18-21)38-33(35-29)34-28-17-15-26(19-22(28)2)24-11-13-25(14-12-24)30-20-27(32(36)37-30)10-9-23-6-4-3-5-7-23/h3-4,6,8,11-19,27,30H,5,7,9-10,20H2,1-2H3,(H,34,35). The van der Waals surface area contributed by atoms with Crippen molar-refractivity contribution in [1.29, 1.82) is 0 Å². The molecule has 192 valence electrons. The van der Waals surface area contributed by atoms with Gasteiger partial charge in [-0.3, -0.25) is 4.79 Å². The summed E-state index contributed by atoms with van der Waals surface area (Å²) in [5.74, 6) is -0.0540. The molecule has 3 aromatic carbocycles. The summed E-state index contributed by atoms with van der Waals surface area (Å²) in [5.41, 5.74) is 9.33. The first-order valence-electron chi connectivity index (χ1n) is 13.4. The number of fused-ring (bicyclic) bond motifs is 1. The minimum atomic E-state index is -0.146. The number of nitrogens with zero attached hydrogens (tertiary/aromatic N) is 1. The van der Waals surface area contributed by atoms with Gasteiger partial charge in [0.25, 0.3) is 0 Å². The number of carbonyl (C=O) groups is 1. The number of thiazole rings is 1. The molecule has 0 saturated carbocycles. The van der Waals surface area contributed by atoms with Gasteiger partial charge in [0.1, 0.15) is 6.10 Å². The van der Waals surface area contributed by atoms with Gasteiger partial charge in [0, 0.05) is 12.1 Å². The number of allylic oxidation sites excluding steroid dienone is 4. The van der Waals surface area contributed by atoms with Crippen LogP contribution in [0, 0.1) is 19.8 Å². The van der Waals surface area contributed by atoms with Crippen LogP contribution in [-0.2, 0) is 9.53 Å². The first-order chi connectivity index (χ1) is 18.5. The highest BCUT2D eigenvalue weighted by atomic mass is 32.1. The Bertz CT molecular complexity index is 1550. The molecule has 2 aliphatic rings. The van der Waals surface area contributed by atoms with E-state index in [1.54, 1.807) is 11.3 Å². The molecule has 0 radical (unpaired) electrons. The van der Waals surface area contributed by atoms with Gasteiger partial charge in [-0.1, -0.05) is 71.5 Å². The van der Waals surface area contributed by atoms with Crippen molar-refractivity contribution in [1.82, 2.24) is 4.98 Å². The van der Waals surface area contributed by atoms with Gasteiger partial charge in [0.2, 0.25) is 0 Å². The molecule has 1 fully saturated rings. The molecule has 2 unspecified atom stereocenters. The highest BCUT2D eigenvalue weighted by Gasteiger charge is 2.35. The summed E-state index contributed by atoms with van der Waals surface area (Å²) in [6, 6.07) is 21.3. The third-order valence-electron chi connectivity index (χ3n) is 7.63. The highest BCUT2D eigenvalue weighted by Crippen LogP contribution is 2.38. The Hall–Kier alpha value is -3.70. The zero-order chi connectivity index (χ0) is 26.1. The van der Waals surface area contributed by atoms with E-state index in [9.17, 15) is 4.79 Å². The molecule has 5 heteroatoms. The second-order valence-corrected chi connectivity index (χ2v) is 11.5. The maximum absolute atomic E-state index is 12.5. The normalized spacial score (nSPS) is 19.0. The molecule has 2 atom stereocenters. The van der Waals surface area contributed by atoms with E-state index in [0.717, 1.165) is 70.7 Å². The van der Waals surface area contributed by atoms with Crippen LogP contribution in [0.3, 0.4) is 0 Å². The molecule has 1 aliphatic carbocycles. The lowest BCUT2D eigenvalue weighted by molar-refractivity contribution is -0.144. The molecule has 38 heavy (non-hydrogen) atoms. The van der Waals surface area contributed by atoms with Gasteiger partial charge in [0.15, 0.2) is 5.13 Å². The van der Waals surface area contributed by atoms with Gasteiger partial charge in [-0.25, -0.2) is 4.98 Å². The van der Waals surface area contributed by atoms with Crippen molar-refractivity contribution in [3.63, 3.8) is 0 Å². The van der Waals surface area contributed by atoms with Gasteiger partial charge in [0.05, 0.1) is 16.1 Å². The molecule has 6 rings (SSSR count). The predicted molar refractivity (Wildman–Crippen MR) is 157 cm³/mol. The average Bonchev–Trinajstić information content (AvgIpc) is 3.51. The summed E-state index contributed by atoms with van der Waals surface area (Å²) in [7, 11) is 0. The summed E-state index contributed by atoms with van der Waals surface area (Å²) in [4.78, 5) is 17.3. The number of aromatic nitrogens is 1. The number of hydrogen-bond donors (Lipinski definition) is 1. The zero-order valence-corrected chi connectivity index (χ0v) is 22.7. The maximum atomic E-state index is 12.5. The van der Waals surface area contributed by atoms with Crippen LogP contribution in [0.15, 0.2) is 84.5 Å². The van der Waals surface area contributed by atoms with E-state index in [0.29, 0.717) is 0 Å². The summed E-state index contributed by atoms with van der Waals surface area (Å²) in [5, 5.41) is 4.40. The fraction of sp³-hybridized carbons (Fsp3) is 0.273. The van der Waals surface area contributed by atoms with Crippen molar-refractivity contribution >= 4 is 38.3 Å². The average molecular weight is 521 g/mol. The number of rotatable bonds is 7. The molecule has 0 bridgehead atoms. The van der Waals surface area contributed by atoms with Gasteiger partial charge in [-0.2, -0.15) is 0 Å². The van der Waals surface area contributed by atoms with Crippen molar-refractivity contribution in [2.45, 2.75) is 52.1 Å². The second-order valence-electron chi connectivity index (χ2n) is 10.5. The Labute approximate surface area is 228 Å². The van der Waals surface area contributed by atoms with E-state index < -0.39 is 0 Å². The molecular weight excluding hydrogens is 488 g/mol. The van der Waals surface area contributed by atoms with Crippen molar-refractivity contribution in [2.75, 3.05) is 5.32 Å². The molecule has 1 aromatic heterocycles. The van der Waals surface area contributed by atoms with Crippen LogP contribution in [0.5, 0.6) is 0 Å². The fourth-order valence-electron chi connectivity index (χ4n) is 5.37. The molecule has 0 spiro atoms. The van der Waals surface area contributed by atoms with E-state index in [4.69, 9.17) is 9.72 Å². The first-order valence-corrected chi connectivity index (χ1v) is 14.2. The van der Waals surface area contributed by atoms with E-state index in [-0.39, 0.29) is 18.0 Å². The number of carbonyl (C=O) groups excluding carboxylic acids is 1. The summed E-state index contributed by atoms with van der Waals surface area (Å²) >= 11 is 1.68. The lowest BCUT2D eigenvalue weighted by atomic mass is 9.91. The van der Waals surface area contributed by atoms with Crippen LogP contribution in [0.2, 0.25) is 0 Å². The molecule has 1 N–H and O–H groups in total. The van der Waals surface area contributed by atoms with Crippen molar-refractivity contribution in [3.05, 3.63) is 101 Å². The third kappa shape index (κ3) is 5.30. The van der Waals surface area contributed by atoms with Crippen LogP contribution in [0.1, 0.15) is 54.9 Å². The number of benzene rings is 3. The van der Waals surface area contributed by atoms with Crippen molar-refractivity contribution < 1.29 is 9.53 Å². The number of aryl methyl sites for hydroxylation is 2. The fourth-order valence-corrected chi connectivity index (χ4v) is 6.35. The number of nitrogens with one attached hydrogen (secondary N) is 1. The van der Waals surface area contributed by atoms with E-state index in [2.05, 4.69) is 98.1 Å². The topological polar surface area (TPSA) is 51.2 Å². The van der Waals surface area contributed by atoms with E-state index in [1.165, 1.54) is 15.8 Å². The summed E-state index contributed by atoms with van der Waals surface area (Å²) in [6.07, 6.45) is 11.2. The smallest absolute Gasteiger partial charge is 0.309 e. The zero-order valence-electron chi connectivity index (χ0n) is 21.9. The van der Waals surface area contributed by atoms with Crippen LogP contribution in [0.4, 0.5) is 10.8 Å². The SMILES string of the molecule is Cc1ccc2nc(Nc3ccc(-c4ccc(C5CC(CCC6=CC=CCC6)C(=O)O5)cc4)cc3C)sc2c1.